The normalized spacial score (nSPS) is 22.1. The topological polar surface area (TPSA) is 82.8 Å². The Kier molecular flexibility index (Phi) is 4.24. The third kappa shape index (κ3) is 2.97. The molecular weight excluding hydrogens is 248 g/mol. The van der Waals surface area contributed by atoms with Crippen LogP contribution in [-0.4, -0.2) is 39.4 Å². The third-order valence-electron chi connectivity index (χ3n) is 3.11. The van der Waals surface area contributed by atoms with Gasteiger partial charge in [0, 0.05) is 17.8 Å². The summed E-state index contributed by atoms with van der Waals surface area (Å²) in [5.41, 5.74) is 6.45. The Morgan fingerprint density at radius 3 is 2.63 bits per heavy atom. The average Bonchev–Trinajstić information content (AvgIpc) is 2.85. The molecule has 0 bridgehead atoms. The predicted octanol–water partition coefficient (Wildman–Crippen LogP) is 0.616. The van der Waals surface area contributed by atoms with E-state index in [1.165, 1.54) is 0 Å². The van der Waals surface area contributed by atoms with Crippen molar-refractivity contribution < 1.29 is 19.0 Å². The minimum atomic E-state index is -0.312. The number of nitrogens with one attached hydrogen (secondary N) is 1. The van der Waals surface area contributed by atoms with Crippen LogP contribution in [0.2, 0.25) is 0 Å². The molecule has 0 aliphatic carbocycles. The van der Waals surface area contributed by atoms with E-state index in [2.05, 4.69) is 5.32 Å². The van der Waals surface area contributed by atoms with Crippen LogP contribution >= 0.6 is 0 Å². The number of rotatable bonds is 4. The zero-order valence-corrected chi connectivity index (χ0v) is 11.0. The van der Waals surface area contributed by atoms with Gasteiger partial charge in [-0.15, -0.1) is 0 Å². The van der Waals surface area contributed by atoms with E-state index in [9.17, 15) is 4.79 Å². The molecule has 1 amide bonds. The van der Waals surface area contributed by atoms with Crippen molar-refractivity contribution in [1.82, 2.24) is 0 Å². The monoisotopic (exact) mass is 266 g/mol. The quantitative estimate of drug-likeness (QED) is 0.834. The number of amides is 1. The maximum Gasteiger partial charge on any atom is 0.231 e. The lowest BCUT2D eigenvalue weighted by Gasteiger charge is -2.14. The van der Waals surface area contributed by atoms with Gasteiger partial charge in [0.15, 0.2) is 11.5 Å². The Bertz CT molecular complexity index is 464. The number of hydrogen-bond acceptors (Lipinski definition) is 5. The number of ether oxygens (including phenoxy) is 3. The second kappa shape index (κ2) is 5.90. The fraction of sp³-hybridized carbons (Fsp3) is 0.462. The van der Waals surface area contributed by atoms with E-state index in [1.54, 1.807) is 32.4 Å². The summed E-state index contributed by atoms with van der Waals surface area (Å²) in [4.78, 5) is 12.0. The fourth-order valence-corrected chi connectivity index (χ4v) is 1.99. The molecule has 1 aromatic carbocycles. The van der Waals surface area contributed by atoms with Crippen molar-refractivity contribution in [1.29, 1.82) is 0 Å². The van der Waals surface area contributed by atoms with E-state index in [0.717, 1.165) is 0 Å². The second-order valence-corrected chi connectivity index (χ2v) is 4.37. The summed E-state index contributed by atoms with van der Waals surface area (Å²) in [6.45, 7) is 0.782. The molecule has 1 fully saturated rings. The average molecular weight is 266 g/mol. The first-order chi connectivity index (χ1) is 9.15. The van der Waals surface area contributed by atoms with Gasteiger partial charge in [-0.25, -0.2) is 0 Å². The van der Waals surface area contributed by atoms with E-state index >= 15 is 0 Å². The van der Waals surface area contributed by atoms with Gasteiger partial charge in [0.1, 0.15) is 0 Å². The van der Waals surface area contributed by atoms with Gasteiger partial charge in [-0.05, 0) is 12.1 Å². The van der Waals surface area contributed by atoms with Crippen LogP contribution in [0.1, 0.15) is 0 Å². The van der Waals surface area contributed by atoms with Crippen molar-refractivity contribution in [3.63, 3.8) is 0 Å². The van der Waals surface area contributed by atoms with Crippen molar-refractivity contribution in [2.24, 2.45) is 11.7 Å². The maximum atomic E-state index is 12.0. The van der Waals surface area contributed by atoms with Gasteiger partial charge >= 0.3 is 0 Å². The highest BCUT2D eigenvalue weighted by Gasteiger charge is 2.31. The van der Waals surface area contributed by atoms with Gasteiger partial charge in [0.2, 0.25) is 5.91 Å². The molecule has 6 heteroatoms. The number of methoxy groups -OCH3 is 2. The standard InChI is InChI=1S/C13H18N2O4/c1-17-11-4-3-8(5-12(11)18-2)15-13(16)9-6-19-7-10(9)14/h3-5,9-10H,6-7,14H2,1-2H3,(H,15,16). The molecule has 2 unspecified atom stereocenters. The van der Waals surface area contributed by atoms with Crippen LogP contribution in [0.15, 0.2) is 18.2 Å². The molecule has 6 nitrogen and oxygen atoms in total. The minimum absolute atomic E-state index is 0.141. The van der Waals surface area contributed by atoms with Crippen LogP contribution < -0.4 is 20.5 Å². The SMILES string of the molecule is COc1ccc(NC(=O)C2COCC2N)cc1OC. The zero-order valence-electron chi connectivity index (χ0n) is 11.0. The van der Waals surface area contributed by atoms with Gasteiger partial charge in [-0.2, -0.15) is 0 Å². The van der Waals surface area contributed by atoms with Crippen molar-refractivity contribution in [3.8, 4) is 11.5 Å². The molecule has 2 atom stereocenters. The Hall–Kier alpha value is -1.79. The summed E-state index contributed by atoms with van der Waals surface area (Å²) < 4.78 is 15.5. The first-order valence-corrected chi connectivity index (χ1v) is 6.02. The second-order valence-electron chi connectivity index (χ2n) is 4.37. The first-order valence-electron chi connectivity index (χ1n) is 6.02. The smallest absolute Gasteiger partial charge is 0.231 e. The maximum absolute atomic E-state index is 12.0. The molecule has 104 valence electrons. The molecule has 19 heavy (non-hydrogen) atoms. The molecule has 1 aliphatic heterocycles. The van der Waals surface area contributed by atoms with E-state index in [-0.39, 0.29) is 17.9 Å². The van der Waals surface area contributed by atoms with E-state index in [1.807, 2.05) is 0 Å². The summed E-state index contributed by atoms with van der Waals surface area (Å²) in [6.07, 6.45) is 0. The molecule has 0 radical (unpaired) electrons. The molecule has 1 saturated heterocycles. The molecule has 0 saturated carbocycles. The minimum Gasteiger partial charge on any atom is -0.493 e. The third-order valence-corrected chi connectivity index (χ3v) is 3.11. The Labute approximate surface area is 111 Å². The molecule has 0 aromatic heterocycles. The lowest BCUT2D eigenvalue weighted by atomic mass is 10.0. The van der Waals surface area contributed by atoms with E-state index < -0.39 is 0 Å². The highest BCUT2D eigenvalue weighted by atomic mass is 16.5. The Balaban J connectivity index is 2.08. The summed E-state index contributed by atoms with van der Waals surface area (Å²) in [5, 5.41) is 2.81. The number of benzene rings is 1. The summed E-state index contributed by atoms with van der Waals surface area (Å²) in [5.74, 6) is 0.721. The highest BCUT2D eigenvalue weighted by molar-refractivity contribution is 5.93. The lowest BCUT2D eigenvalue weighted by Crippen LogP contribution is -2.37. The van der Waals surface area contributed by atoms with Crippen molar-refractivity contribution >= 4 is 11.6 Å². The van der Waals surface area contributed by atoms with Gasteiger partial charge in [0.25, 0.3) is 0 Å². The van der Waals surface area contributed by atoms with Crippen molar-refractivity contribution in [2.75, 3.05) is 32.8 Å². The molecule has 0 spiro atoms. The van der Waals surface area contributed by atoms with E-state index in [0.29, 0.717) is 30.4 Å². The highest BCUT2D eigenvalue weighted by Crippen LogP contribution is 2.30. The lowest BCUT2D eigenvalue weighted by molar-refractivity contribution is -0.120. The van der Waals surface area contributed by atoms with Crippen LogP contribution in [-0.2, 0) is 9.53 Å². The molecule has 2 rings (SSSR count). The number of anilines is 1. The molecule has 3 N–H and O–H groups in total. The van der Waals surface area contributed by atoms with E-state index in [4.69, 9.17) is 19.9 Å². The van der Waals surface area contributed by atoms with Gasteiger partial charge in [-0.1, -0.05) is 0 Å². The largest absolute Gasteiger partial charge is 0.493 e. The first kappa shape index (κ1) is 13.6. The number of hydrogen-bond donors (Lipinski definition) is 2. The Morgan fingerprint density at radius 2 is 2.05 bits per heavy atom. The van der Waals surface area contributed by atoms with Gasteiger partial charge in [0.05, 0.1) is 33.4 Å². The number of nitrogens with two attached hydrogens (primary N) is 1. The fourth-order valence-electron chi connectivity index (χ4n) is 1.99. The Morgan fingerprint density at radius 1 is 1.32 bits per heavy atom. The van der Waals surface area contributed by atoms with Crippen molar-refractivity contribution in [2.45, 2.75) is 6.04 Å². The molecular formula is C13H18N2O4. The van der Waals surface area contributed by atoms with Crippen molar-refractivity contribution in [3.05, 3.63) is 18.2 Å². The predicted molar refractivity (Wildman–Crippen MR) is 70.5 cm³/mol. The zero-order chi connectivity index (χ0) is 13.8. The molecule has 1 heterocycles. The number of carbonyl (C=O) groups excluding carboxylic acids is 1. The van der Waals surface area contributed by atoms with Crippen LogP contribution in [0.3, 0.4) is 0 Å². The van der Waals surface area contributed by atoms with Gasteiger partial charge < -0.3 is 25.3 Å². The summed E-state index contributed by atoms with van der Waals surface area (Å²) in [6, 6.07) is 4.94. The number of carbonyl (C=O) groups is 1. The molecule has 1 aliphatic rings. The van der Waals surface area contributed by atoms with Crippen LogP contribution in [0, 0.1) is 5.92 Å². The summed E-state index contributed by atoms with van der Waals surface area (Å²) in [7, 11) is 3.11. The van der Waals surface area contributed by atoms with Crippen LogP contribution in [0.5, 0.6) is 11.5 Å². The van der Waals surface area contributed by atoms with Gasteiger partial charge in [-0.3, -0.25) is 4.79 Å². The molecule has 1 aromatic rings. The van der Waals surface area contributed by atoms with Crippen LogP contribution in [0.4, 0.5) is 5.69 Å². The summed E-state index contributed by atoms with van der Waals surface area (Å²) >= 11 is 0. The van der Waals surface area contributed by atoms with Crippen LogP contribution in [0.25, 0.3) is 0 Å².